The molecule has 0 bridgehead atoms. The Hall–Kier alpha value is -3.32. The number of hydrogen-bond acceptors (Lipinski definition) is 5. The molecule has 6 nitrogen and oxygen atoms in total. The second-order valence-corrected chi connectivity index (χ2v) is 10.8. The molecule has 0 radical (unpaired) electrons. The molecule has 0 N–H and O–H groups in total. The largest absolute Gasteiger partial charge is 0.461 e. The topological polar surface area (TPSA) is 64.2 Å². The number of unbranched alkanes of at least 4 members (excludes halogenated alkanes) is 1. The highest BCUT2D eigenvalue weighted by Crippen LogP contribution is 2.29. The maximum absolute atomic E-state index is 12.8. The van der Waals surface area contributed by atoms with Crippen LogP contribution in [0.2, 0.25) is 0 Å². The maximum Gasteiger partial charge on any atom is 0.222 e. The van der Waals surface area contributed by atoms with E-state index in [-0.39, 0.29) is 0 Å². The molecule has 4 aromatic rings. The van der Waals surface area contributed by atoms with Crippen LogP contribution in [0, 0.1) is 12.8 Å². The van der Waals surface area contributed by atoms with Gasteiger partial charge in [0.2, 0.25) is 11.7 Å². The molecule has 0 unspecified atom stereocenters. The van der Waals surface area contributed by atoms with Gasteiger partial charge in [-0.25, -0.2) is 0 Å². The molecule has 0 spiro atoms. The fourth-order valence-electron chi connectivity index (χ4n) is 4.96. The van der Waals surface area contributed by atoms with Gasteiger partial charge in [-0.1, -0.05) is 54.2 Å². The number of benzene rings is 2. The SMILES string of the molecule is Cc1cccc(-n2c(SCCCCC(=O)N3CCC(Cc4ccccc4)CC3)nnc2-c2ccco2)c1. The first-order chi connectivity index (χ1) is 18.2. The third-order valence-corrected chi connectivity index (χ3v) is 8.00. The molecule has 1 saturated heterocycles. The molecule has 1 fully saturated rings. The van der Waals surface area contributed by atoms with E-state index in [0.717, 1.165) is 61.8 Å². The van der Waals surface area contributed by atoms with Crippen molar-refractivity contribution < 1.29 is 9.21 Å². The minimum Gasteiger partial charge on any atom is -0.461 e. The number of aryl methyl sites for hydroxylation is 1. The Morgan fingerprint density at radius 1 is 1.00 bits per heavy atom. The van der Waals surface area contributed by atoms with E-state index in [1.54, 1.807) is 18.0 Å². The van der Waals surface area contributed by atoms with Gasteiger partial charge in [0.05, 0.1) is 12.0 Å². The van der Waals surface area contributed by atoms with Crippen LogP contribution in [0.5, 0.6) is 0 Å². The number of carbonyl (C=O) groups is 1. The van der Waals surface area contributed by atoms with Gasteiger partial charge in [-0.2, -0.15) is 0 Å². The Balaban J connectivity index is 1.09. The van der Waals surface area contributed by atoms with E-state index in [1.165, 1.54) is 11.1 Å². The van der Waals surface area contributed by atoms with E-state index in [9.17, 15) is 4.79 Å². The molecule has 5 rings (SSSR count). The van der Waals surface area contributed by atoms with Crippen molar-refractivity contribution in [1.82, 2.24) is 19.7 Å². The van der Waals surface area contributed by atoms with Crippen molar-refractivity contribution in [2.75, 3.05) is 18.8 Å². The number of carbonyl (C=O) groups excluding carboxylic acids is 1. The molecule has 1 amide bonds. The first-order valence-corrected chi connectivity index (χ1v) is 14.2. The Morgan fingerprint density at radius 2 is 1.84 bits per heavy atom. The zero-order chi connectivity index (χ0) is 25.5. The van der Waals surface area contributed by atoms with Crippen LogP contribution >= 0.6 is 11.8 Å². The van der Waals surface area contributed by atoms with E-state index >= 15 is 0 Å². The Labute approximate surface area is 223 Å². The average molecular weight is 515 g/mol. The number of thioether (sulfide) groups is 1. The summed E-state index contributed by atoms with van der Waals surface area (Å²) in [6, 6.07) is 22.8. The van der Waals surface area contributed by atoms with Gasteiger partial charge in [0.15, 0.2) is 10.9 Å². The highest BCUT2D eigenvalue weighted by Gasteiger charge is 2.23. The summed E-state index contributed by atoms with van der Waals surface area (Å²) in [5, 5.41) is 9.72. The van der Waals surface area contributed by atoms with Crippen molar-refractivity contribution in [3.05, 3.63) is 84.1 Å². The normalized spacial score (nSPS) is 14.2. The van der Waals surface area contributed by atoms with E-state index < -0.39 is 0 Å². The second kappa shape index (κ2) is 12.3. The van der Waals surface area contributed by atoms with Crippen molar-refractivity contribution in [3.8, 4) is 17.3 Å². The highest BCUT2D eigenvalue weighted by molar-refractivity contribution is 7.99. The van der Waals surface area contributed by atoms with Crippen LogP contribution in [-0.4, -0.2) is 44.4 Å². The Kier molecular flexibility index (Phi) is 8.41. The molecule has 2 aromatic carbocycles. The minimum absolute atomic E-state index is 0.297. The summed E-state index contributed by atoms with van der Waals surface area (Å²) in [7, 11) is 0. The van der Waals surface area contributed by atoms with Gasteiger partial charge < -0.3 is 9.32 Å². The van der Waals surface area contributed by atoms with Crippen LogP contribution in [0.15, 0.2) is 82.6 Å². The summed E-state index contributed by atoms with van der Waals surface area (Å²) in [6.07, 6.45) is 7.44. The molecule has 0 atom stereocenters. The molecule has 7 heteroatoms. The molecular weight excluding hydrogens is 480 g/mol. The lowest BCUT2D eigenvalue weighted by Gasteiger charge is -2.32. The van der Waals surface area contributed by atoms with Gasteiger partial charge in [-0.3, -0.25) is 9.36 Å². The van der Waals surface area contributed by atoms with Gasteiger partial charge in [-0.05, 0) is 80.3 Å². The highest BCUT2D eigenvalue weighted by atomic mass is 32.2. The number of piperidine rings is 1. The summed E-state index contributed by atoms with van der Waals surface area (Å²) < 4.78 is 7.67. The van der Waals surface area contributed by atoms with Crippen LogP contribution in [0.1, 0.15) is 43.2 Å². The number of aromatic nitrogens is 3. The number of rotatable bonds is 10. The van der Waals surface area contributed by atoms with E-state index in [0.29, 0.717) is 29.8 Å². The average Bonchev–Trinajstić information content (AvgIpc) is 3.60. The number of amides is 1. The molecule has 0 aliphatic carbocycles. The fraction of sp³-hybridized carbons (Fsp3) is 0.367. The van der Waals surface area contributed by atoms with Crippen molar-refractivity contribution in [2.45, 2.75) is 50.6 Å². The number of hydrogen-bond donors (Lipinski definition) is 0. The van der Waals surface area contributed by atoms with Crippen molar-refractivity contribution in [1.29, 1.82) is 0 Å². The molecule has 1 aliphatic heterocycles. The van der Waals surface area contributed by atoms with Gasteiger partial charge in [0.25, 0.3) is 0 Å². The molecule has 1 aliphatic rings. The van der Waals surface area contributed by atoms with Gasteiger partial charge in [0, 0.05) is 25.3 Å². The van der Waals surface area contributed by atoms with Gasteiger partial charge in [-0.15, -0.1) is 10.2 Å². The molecular formula is C30H34N4O2S. The summed E-state index contributed by atoms with van der Waals surface area (Å²) in [5.74, 6) is 3.25. The minimum atomic E-state index is 0.297. The smallest absolute Gasteiger partial charge is 0.222 e. The summed E-state index contributed by atoms with van der Waals surface area (Å²) in [6.45, 7) is 3.86. The molecule has 192 valence electrons. The summed E-state index contributed by atoms with van der Waals surface area (Å²) in [5.41, 5.74) is 3.60. The standard InChI is InChI=1S/C30H34N4O2S/c1-23-9-7-12-26(21-23)34-29(27-13-8-19-36-27)31-32-30(34)37-20-6-5-14-28(35)33-17-15-25(16-18-33)22-24-10-3-2-4-11-24/h2-4,7-13,19,21,25H,5-6,14-18,20,22H2,1H3. The Morgan fingerprint density at radius 3 is 2.59 bits per heavy atom. The van der Waals surface area contributed by atoms with Crippen LogP contribution in [0.25, 0.3) is 17.3 Å². The predicted molar refractivity (Wildman–Crippen MR) is 148 cm³/mol. The lowest BCUT2D eigenvalue weighted by Crippen LogP contribution is -2.38. The van der Waals surface area contributed by atoms with Crippen LogP contribution in [-0.2, 0) is 11.2 Å². The third kappa shape index (κ3) is 6.52. The van der Waals surface area contributed by atoms with Crippen molar-refractivity contribution >= 4 is 17.7 Å². The first kappa shape index (κ1) is 25.3. The van der Waals surface area contributed by atoms with Crippen LogP contribution < -0.4 is 0 Å². The monoisotopic (exact) mass is 514 g/mol. The predicted octanol–water partition coefficient (Wildman–Crippen LogP) is 6.58. The molecule has 37 heavy (non-hydrogen) atoms. The molecule has 0 saturated carbocycles. The van der Waals surface area contributed by atoms with Crippen LogP contribution in [0.4, 0.5) is 0 Å². The Bertz CT molecular complexity index is 1280. The van der Waals surface area contributed by atoms with Crippen molar-refractivity contribution in [3.63, 3.8) is 0 Å². The fourth-order valence-corrected chi connectivity index (χ4v) is 5.91. The quantitative estimate of drug-likeness (QED) is 0.177. The first-order valence-electron chi connectivity index (χ1n) is 13.2. The summed E-state index contributed by atoms with van der Waals surface area (Å²) in [4.78, 5) is 14.9. The number of furan rings is 1. The molecule has 3 heterocycles. The second-order valence-electron chi connectivity index (χ2n) is 9.78. The zero-order valence-corrected chi connectivity index (χ0v) is 22.2. The van der Waals surface area contributed by atoms with E-state index in [4.69, 9.17) is 4.42 Å². The van der Waals surface area contributed by atoms with Crippen LogP contribution in [0.3, 0.4) is 0 Å². The van der Waals surface area contributed by atoms with Gasteiger partial charge in [0.1, 0.15) is 0 Å². The van der Waals surface area contributed by atoms with E-state index in [1.807, 2.05) is 18.2 Å². The third-order valence-electron chi connectivity index (χ3n) is 6.99. The summed E-state index contributed by atoms with van der Waals surface area (Å²) >= 11 is 1.68. The molecule has 2 aromatic heterocycles. The lowest BCUT2D eigenvalue weighted by atomic mass is 9.90. The maximum atomic E-state index is 12.8. The van der Waals surface area contributed by atoms with Gasteiger partial charge >= 0.3 is 0 Å². The van der Waals surface area contributed by atoms with Crippen molar-refractivity contribution in [2.24, 2.45) is 5.92 Å². The lowest BCUT2D eigenvalue weighted by molar-refractivity contribution is -0.132. The number of likely N-dealkylation sites (tertiary alicyclic amines) is 1. The zero-order valence-electron chi connectivity index (χ0n) is 21.4. The van der Waals surface area contributed by atoms with E-state index in [2.05, 4.69) is 75.1 Å². The number of nitrogens with zero attached hydrogens (tertiary/aromatic N) is 4.